The van der Waals surface area contributed by atoms with Crippen LogP contribution < -0.4 is 11.3 Å². The Morgan fingerprint density at radius 2 is 2.44 bits per heavy atom. The Labute approximate surface area is 114 Å². The minimum Gasteiger partial charge on any atom is -0.382 e. The first-order valence-electron chi connectivity index (χ1n) is 6.90. The molecule has 4 unspecified atom stereocenters. The van der Waals surface area contributed by atoms with E-state index in [1.165, 1.54) is 12.2 Å². The summed E-state index contributed by atoms with van der Waals surface area (Å²) >= 11 is 2.02. The number of hydrogen-bond donors (Lipinski definition) is 2. The van der Waals surface area contributed by atoms with Gasteiger partial charge in [-0.3, -0.25) is 11.3 Å². The van der Waals surface area contributed by atoms with Crippen LogP contribution in [0.15, 0.2) is 0 Å². The quantitative estimate of drug-likeness (QED) is 0.588. The molecule has 4 atom stereocenters. The van der Waals surface area contributed by atoms with Crippen molar-refractivity contribution in [2.45, 2.75) is 50.4 Å². The van der Waals surface area contributed by atoms with Gasteiger partial charge in [-0.05, 0) is 44.3 Å². The van der Waals surface area contributed by atoms with E-state index in [2.05, 4.69) is 12.3 Å². The summed E-state index contributed by atoms with van der Waals surface area (Å²) in [6, 6.07) is 0.339. The lowest BCUT2D eigenvalue weighted by molar-refractivity contribution is -0.0875. The van der Waals surface area contributed by atoms with E-state index in [1.54, 1.807) is 7.11 Å². The number of rotatable bonds is 5. The van der Waals surface area contributed by atoms with Crippen LogP contribution >= 0.6 is 11.8 Å². The molecule has 2 fully saturated rings. The number of ether oxygens (including phenoxy) is 2. The molecule has 4 nitrogen and oxygen atoms in total. The van der Waals surface area contributed by atoms with Gasteiger partial charge in [0.2, 0.25) is 0 Å². The van der Waals surface area contributed by atoms with Gasteiger partial charge >= 0.3 is 0 Å². The standard InChI is InChI=1S/C13H26N2O2S/c1-10(16-2)7-12(15-14)11-3-5-17-13(8-11)4-6-18-9-13/h10-12,15H,3-9,14H2,1-2H3. The predicted molar refractivity (Wildman–Crippen MR) is 75.5 cm³/mol. The highest BCUT2D eigenvalue weighted by atomic mass is 32.2. The SMILES string of the molecule is COC(C)CC(NN)C1CCOC2(CCSC2)C1. The molecule has 0 aromatic carbocycles. The molecule has 18 heavy (non-hydrogen) atoms. The minimum atomic E-state index is 0.138. The van der Waals surface area contributed by atoms with Crippen LogP contribution in [0.5, 0.6) is 0 Å². The van der Waals surface area contributed by atoms with Gasteiger partial charge in [0, 0.05) is 25.5 Å². The number of nitrogens with two attached hydrogens (primary N) is 1. The van der Waals surface area contributed by atoms with Crippen molar-refractivity contribution in [3.05, 3.63) is 0 Å². The van der Waals surface area contributed by atoms with Crippen molar-refractivity contribution in [1.29, 1.82) is 0 Å². The van der Waals surface area contributed by atoms with Crippen molar-refractivity contribution in [2.24, 2.45) is 11.8 Å². The fraction of sp³-hybridized carbons (Fsp3) is 1.00. The lowest BCUT2D eigenvalue weighted by Crippen LogP contribution is -2.49. The third-order valence-corrected chi connectivity index (χ3v) is 5.59. The maximum atomic E-state index is 6.06. The zero-order chi connectivity index (χ0) is 13.0. The van der Waals surface area contributed by atoms with Crippen molar-refractivity contribution < 1.29 is 9.47 Å². The van der Waals surface area contributed by atoms with E-state index in [9.17, 15) is 0 Å². The summed E-state index contributed by atoms with van der Waals surface area (Å²) in [7, 11) is 1.76. The van der Waals surface area contributed by atoms with Gasteiger partial charge in [-0.1, -0.05) is 0 Å². The van der Waals surface area contributed by atoms with E-state index < -0.39 is 0 Å². The van der Waals surface area contributed by atoms with Crippen LogP contribution in [-0.2, 0) is 9.47 Å². The van der Waals surface area contributed by atoms with Crippen molar-refractivity contribution >= 4 is 11.8 Å². The summed E-state index contributed by atoms with van der Waals surface area (Å²) in [6.07, 6.45) is 4.68. The fourth-order valence-corrected chi connectivity index (χ4v) is 4.50. The molecule has 1 spiro atoms. The second-order valence-corrected chi connectivity index (χ2v) is 6.75. The summed E-state index contributed by atoms with van der Waals surface area (Å²) in [4.78, 5) is 0. The van der Waals surface area contributed by atoms with Crippen molar-refractivity contribution in [3.63, 3.8) is 0 Å². The molecule has 2 aliphatic rings. The highest BCUT2D eigenvalue weighted by molar-refractivity contribution is 7.99. The first-order valence-corrected chi connectivity index (χ1v) is 8.05. The molecule has 106 valence electrons. The van der Waals surface area contributed by atoms with Gasteiger partial charge in [-0.15, -0.1) is 0 Å². The Bertz CT molecular complexity index is 259. The molecule has 0 aliphatic carbocycles. The van der Waals surface area contributed by atoms with Gasteiger partial charge in [-0.25, -0.2) is 0 Å². The van der Waals surface area contributed by atoms with Gasteiger partial charge in [0.15, 0.2) is 0 Å². The molecule has 0 aromatic rings. The third kappa shape index (κ3) is 3.39. The average Bonchev–Trinajstić information content (AvgIpc) is 2.83. The van der Waals surface area contributed by atoms with Crippen LogP contribution in [0.3, 0.4) is 0 Å². The monoisotopic (exact) mass is 274 g/mol. The van der Waals surface area contributed by atoms with Crippen molar-refractivity contribution in [2.75, 3.05) is 25.2 Å². The number of nitrogens with one attached hydrogen (secondary N) is 1. The molecule has 0 bridgehead atoms. The molecule has 2 saturated heterocycles. The molecular weight excluding hydrogens is 248 g/mol. The van der Waals surface area contributed by atoms with E-state index in [1.807, 2.05) is 11.8 Å². The Morgan fingerprint density at radius 3 is 3.06 bits per heavy atom. The van der Waals surface area contributed by atoms with Crippen LogP contribution in [0.25, 0.3) is 0 Å². The smallest absolute Gasteiger partial charge is 0.0783 e. The van der Waals surface area contributed by atoms with Crippen LogP contribution in [0.1, 0.15) is 32.6 Å². The van der Waals surface area contributed by atoms with Gasteiger partial charge in [0.25, 0.3) is 0 Å². The van der Waals surface area contributed by atoms with Gasteiger partial charge in [-0.2, -0.15) is 11.8 Å². The molecule has 2 aliphatic heterocycles. The van der Waals surface area contributed by atoms with Crippen LogP contribution in [-0.4, -0.2) is 43.0 Å². The molecule has 0 radical (unpaired) electrons. The maximum Gasteiger partial charge on any atom is 0.0783 e. The largest absolute Gasteiger partial charge is 0.382 e. The minimum absolute atomic E-state index is 0.138. The normalized spacial score (nSPS) is 35.8. The topological polar surface area (TPSA) is 56.5 Å². The highest BCUT2D eigenvalue weighted by Crippen LogP contribution is 2.41. The molecule has 0 aromatic heterocycles. The molecule has 2 rings (SSSR count). The maximum absolute atomic E-state index is 6.06. The van der Waals surface area contributed by atoms with Crippen molar-refractivity contribution in [1.82, 2.24) is 5.43 Å². The van der Waals surface area contributed by atoms with E-state index in [0.29, 0.717) is 12.0 Å². The zero-order valence-corrected chi connectivity index (χ0v) is 12.3. The number of methoxy groups -OCH3 is 1. The van der Waals surface area contributed by atoms with Gasteiger partial charge < -0.3 is 9.47 Å². The van der Waals surface area contributed by atoms with E-state index in [4.69, 9.17) is 15.3 Å². The first-order chi connectivity index (χ1) is 8.69. The number of hydrogen-bond acceptors (Lipinski definition) is 5. The molecule has 3 N–H and O–H groups in total. The second kappa shape index (κ2) is 6.57. The second-order valence-electron chi connectivity index (χ2n) is 5.64. The van der Waals surface area contributed by atoms with E-state index in [-0.39, 0.29) is 11.7 Å². The lowest BCUT2D eigenvalue weighted by atomic mass is 9.80. The summed E-state index contributed by atoms with van der Waals surface area (Å²) in [6.45, 7) is 2.98. The Hall–Kier alpha value is 0.190. The van der Waals surface area contributed by atoms with Crippen LogP contribution in [0, 0.1) is 5.92 Å². The highest BCUT2D eigenvalue weighted by Gasteiger charge is 2.42. The van der Waals surface area contributed by atoms with E-state index >= 15 is 0 Å². The first kappa shape index (κ1) is 14.6. The summed E-state index contributed by atoms with van der Waals surface area (Å²) in [5.74, 6) is 8.74. The Kier molecular flexibility index (Phi) is 5.33. The van der Waals surface area contributed by atoms with Crippen molar-refractivity contribution in [3.8, 4) is 0 Å². The summed E-state index contributed by atoms with van der Waals surface area (Å²) in [5.41, 5.74) is 3.14. The van der Waals surface area contributed by atoms with Gasteiger partial charge in [0.1, 0.15) is 0 Å². The fourth-order valence-electron chi connectivity index (χ4n) is 3.12. The zero-order valence-electron chi connectivity index (χ0n) is 11.5. The van der Waals surface area contributed by atoms with E-state index in [0.717, 1.165) is 31.6 Å². The molecule has 0 amide bonds. The summed E-state index contributed by atoms with van der Waals surface area (Å²) < 4.78 is 11.4. The van der Waals surface area contributed by atoms with Crippen LogP contribution in [0.2, 0.25) is 0 Å². The Balaban J connectivity index is 1.93. The molecule has 0 saturated carbocycles. The lowest BCUT2D eigenvalue weighted by Gasteiger charge is -2.41. The third-order valence-electron chi connectivity index (χ3n) is 4.37. The predicted octanol–water partition coefficient (Wildman–Crippen LogP) is 1.55. The van der Waals surface area contributed by atoms with Crippen LogP contribution in [0.4, 0.5) is 0 Å². The van der Waals surface area contributed by atoms with Gasteiger partial charge in [0.05, 0.1) is 11.7 Å². The Morgan fingerprint density at radius 1 is 1.61 bits per heavy atom. The molecule has 5 heteroatoms. The average molecular weight is 274 g/mol. The molecular formula is C13H26N2O2S. The number of hydrazine groups is 1. The summed E-state index contributed by atoms with van der Waals surface area (Å²) in [5, 5.41) is 0. The number of thioether (sulfide) groups is 1. The molecule has 2 heterocycles.